The first kappa shape index (κ1) is 16.5. The van der Waals surface area contributed by atoms with Crippen molar-refractivity contribution in [3.63, 3.8) is 0 Å². The van der Waals surface area contributed by atoms with E-state index in [0.717, 1.165) is 38.7 Å². The van der Waals surface area contributed by atoms with Crippen molar-refractivity contribution in [2.24, 2.45) is 0 Å². The van der Waals surface area contributed by atoms with E-state index in [2.05, 4.69) is 23.3 Å². The highest BCUT2D eigenvalue weighted by Crippen LogP contribution is 2.40. The van der Waals surface area contributed by atoms with Gasteiger partial charge >= 0.3 is 5.97 Å². The molecule has 0 aliphatic carbocycles. The summed E-state index contributed by atoms with van der Waals surface area (Å²) >= 11 is 0. The van der Waals surface area contributed by atoms with Crippen molar-refractivity contribution >= 4 is 34.0 Å². The van der Waals surface area contributed by atoms with E-state index in [4.69, 9.17) is 9.47 Å². The van der Waals surface area contributed by atoms with Crippen molar-refractivity contribution in [1.29, 1.82) is 0 Å². The van der Waals surface area contributed by atoms with Gasteiger partial charge in [-0.1, -0.05) is 30.4 Å². The van der Waals surface area contributed by atoms with Gasteiger partial charge in [0.2, 0.25) is 0 Å². The maximum absolute atomic E-state index is 12.3. The Bertz CT molecular complexity index is 1090. The summed E-state index contributed by atoms with van der Waals surface area (Å²) in [6, 6.07) is 12.0. The Labute approximate surface area is 152 Å². The molecule has 0 amide bonds. The second-order valence-corrected chi connectivity index (χ2v) is 6.85. The Kier molecular flexibility index (Phi) is 3.83. The second-order valence-electron chi connectivity index (χ2n) is 6.85. The first-order valence-electron chi connectivity index (χ1n) is 8.64. The minimum absolute atomic E-state index is 0.193. The number of ether oxygens (including phenoxy) is 2. The molecule has 26 heavy (non-hydrogen) atoms. The molecule has 132 valence electrons. The van der Waals surface area contributed by atoms with Gasteiger partial charge in [-0.05, 0) is 32.0 Å². The molecule has 1 aliphatic rings. The molecule has 4 nitrogen and oxygen atoms in total. The Morgan fingerprint density at radius 3 is 2.77 bits per heavy atom. The first-order valence-corrected chi connectivity index (χ1v) is 8.64. The highest BCUT2D eigenvalue weighted by molar-refractivity contribution is 6.12. The van der Waals surface area contributed by atoms with Gasteiger partial charge in [-0.2, -0.15) is 0 Å². The molecular weight excluding hydrogens is 326 g/mol. The summed E-state index contributed by atoms with van der Waals surface area (Å²) in [5.74, 6) is 0.484. The number of hydrogen-bond donors (Lipinski definition) is 0. The molecule has 4 heteroatoms. The molecule has 0 saturated carbocycles. The summed E-state index contributed by atoms with van der Waals surface area (Å²) < 4.78 is 13.3. The number of fused-ring (bicyclic) bond motifs is 3. The molecule has 0 N–H and O–H groups in total. The van der Waals surface area contributed by atoms with Crippen molar-refractivity contribution in [2.75, 3.05) is 7.11 Å². The zero-order valence-electron chi connectivity index (χ0n) is 15.2. The molecule has 1 aliphatic heterocycles. The average Bonchev–Trinajstić information content (AvgIpc) is 2.85. The molecule has 0 bridgehead atoms. The summed E-state index contributed by atoms with van der Waals surface area (Å²) in [7, 11) is 1.40. The minimum atomic E-state index is -0.344. The molecule has 1 atom stereocenters. The lowest BCUT2D eigenvalue weighted by molar-refractivity contribution is 0.0600. The maximum atomic E-state index is 12.3. The molecule has 0 spiro atoms. The van der Waals surface area contributed by atoms with Gasteiger partial charge in [-0.15, -0.1) is 0 Å². The fraction of sp³-hybridized carbons (Fsp3) is 0.227. The smallest absolute Gasteiger partial charge is 0.337 e. The number of benzene rings is 2. The summed E-state index contributed by atoms with van der Waals surface area (Å²) in [5, 5.41) is 2.13. The standard InChI is InChI=1S/C22H21NO3/c1-13(2)9-20-18-11-15(22(24)25-4)10-17-16-7-5-6-8-19(16)23(21(17)18)12-14(3)26-20/h5-8,10-12,20H,1,9H2,2-4H3. The van der Waals surface area contributed by atoms with Crippen LogP contribution in [0.5, 0.6) is 0 Å². The van der Waals surface area contributed by atoms with Crippen LogP contribution in [0, 0.1) is 0 Å². The number of allylic oxidation sites excluding steroid dienone is 1. The molecule has 0 saturated heterocycles. The quantitative estimate of drug-likeness (QED) is 0.468. The van der Waals surface area contributed by atoms with E-state index in [9.17, 15) is 4.79 Å². The minimum Gasteiger partial charge on any atom is -0.488 e. The summed E-state index contributed by atoms with van der Waals surface area (Å²) in [4.78, 5) is 12.3. The number of methoxy groups -OCH3 is 1. The SMILES string of the molecule is C=C(C)CC1OC(C)=Cn2c3ccccc3c3cc(C(=O)OC)cc1c32. The summed E-state index contributed by atoms with van der Waals surface area (Å²) in [6.07, 6.45) is 2.51. The van der Waals surface area contributed by atoms with Gasteiger partial charge in [0.15, 0.2) is 0 Å². The van der Waals surface area contributed by atoms with Crippen LogP contribution in [0.1, 0.15) is 42.3 Å². The molecule has 4 rings (SSSR count). The fourth-order valence-electron chi connectivity index (χ4n) is 3.75. The van der Waals surface area contributed by atoms with Crippen LogP contribution in [-0.4, -0.2) is 17.6 Å². The molecule has 3 aromatic rings. The van der Waals surface area contributed by atoms with Crippen molar-refractivity contribution in [2.45, 2.75) is 26.4 Å². The molecule has 2 heterocycles. The van der Waals surface area contributed by atoms with Crippen molar-refractivity contribution in [1.82, 2.24) is 4.57 Å². The van der Waals surface area contributed by atoms with Crippen molar-refractivity contribution in [3.8, 4) is 0 Å². The van der Waals surface area contributed by atoms with Gasteiger partial charge in [-0.25, -0.2) is 4.79 Å². The van der Waals surface area contributed by atoms with Crippen LogP contribution in [-0.2, 0) is 9.47 Å². The Morgan fingerprint density at radius 2 is 2.04 bits per heavy atom. The summed E-state index contributed by atoms with van der Waals surface area (Å²) in [5.41, 5.74) is 4.71. The second kappa shape index (κ2) is 6.06. The lowest BCUT2D eigenvalue weighted by atomic mass is 9.97. The summed E-state index contributed by atoms with van der Waals surface area (Å²) in [6.45, 7) is 7.99. The van der Waals surface area contributed by atoms with Gasteiger partial charge in [0.05, 0.1) is 23.7 Å². The van der Waals surface area contributed by atoms with E-state index in [1.807, 2.05) is 44.3 Å². The van der Waals surface area contributed by atoms with Crippen LogP contribution in [0.3, 0.4) is 0 Å². The number of esters is 1. The zero-order valence-corrected chi connectivity index (χ0v) is 15.2. The van der Waals surface area contributed by atoms with E-state index < -0.39 is 0 Å². The van der Waals surface area contributed by atoms with E-state index in [1.54, 1.807) is 0 Å². The number of para-hydroxylation sites is 1. The van der Waals surface area contributed by atoms with Crippen LogP contribution < -0.4 is 0 Å². The Hall–Kier alpha value is -3.01. The van der Waals surface area contributed by atoms with Gasteiger partial charge in [-0.3, -0.25) is 0 Å². The third-order valence-electron chi connectivity index (χ3n) is 4.77. The number of carbonyl (C=O) groups is 1. The Balaban J connectivity index is 2.14. The monoisotopic (exact) mass is 347 g/mol. The highest BCUT2D eigenvalue weighted by atomic mass is 16.5. The first-order chi connectivity index (χ1) is 12.5. The van der Waals surface area contributed by atoms with E-state index in [0.29, 0.717) is 12.0 Å². The third kappa shape index (κ3) is 2.49. The molecule has 1 aromatic heterocycles. The molecule has 1 unspecified atom stereocenters. The average molecular weight is 347 g/mol. The molecular formula is C22H21NO3. The van der Waals surface area contributed by atoms with Gasteiger partial charge in [0, 0.05) is 29.0 Å². The zero-order chi connectivity index (χ0) is 18.4. The largest absolute Gasteiger partial charge is 0.488 e. The Morgan fingerprint density at radius 1 is 1.27 bits per heavy atom. The molecule has 0 radical (unpaired) electrons. The number of nitrogens with zero attached hydrogens (tertiary/aromatic N) is 1. The van der Waals surface area contributed by atoms with Crippen LogP contribution in [0.15, 0.2) is 54.3 Å². The molecule has 0 fully saturated rings. The normalized spacial score (nSPS) is 16.1. The van der Waals surface area contributed by atoms with Crippen LogP contribution >= 0.6 is 0 Å². The predicted molar refractivity (Wildman–Crippen MR) is 104 cm³/mol. The van der Waals surface area contributed by atoms with E-state index >= 15 is 0 Å². The van der Waals surface area contributed by atoms with Crippen LogP contribution in [0.2, 0.25) is 0 Å². The third-order valence-corrected chi connectivity index (χ3v) is 4.77. The van der Waals surface area contributed by atoms with Crippen LogP contribution in [0.4, 0.5) is 0 Å². The van der Waals surface area contributed by atoms with Crippen molar-refractivity contribution in [3.05, 3.63) is 65.4 Å². The topological polar surface area (TPSA) is 40.5 Å². The van der Waals surface area contributed by atoms with Crippen molar-refractivity contribution < 1.29 is 14.3 Å². The van der Waals surface area contributed by atoms with Gasteiger partial charge in [0.1, 0.15) is 11.9 Å². The predicted octanol–water partition coefficient (Wildman–Crippen LogP) is 5.44. The number of carbonyl (C=O) groups excluding carboxylic acids is 1. The number of aromatic nitrogens is 1. The van der Waals surface area contributed by atoms with Gasteiger partial charge in [0.25, 0.3) is 0 Å². The number of rotatable bonds is 3. The lowest BCUT2D eigenvalue weighted by Crippen LogP contribution is -2.07. The molecule has 2 aromatic carbocycles. The van der Waals surface area contributed by atoms with E-state index in [1.165, 1.54) is 7.11 Å². The maximum Gasteiger partial charge on any atom is 0.337 e. The van der Waals surface area contributed by atoms with Crippen LogP contribution in [0.25, 0.3) is 28.0 Å². The lowest BCUT2D eigenvalue weighted by Gasteiger charge is -2.19. The van der Waals surface area contributed by atoms with E-state index in [-0.39, 0.29) is 12.1 Å². The fourth-order valence-corrected chi connectivity index (χ4v) is 3.75. The van der Waals surface area contributed by atoms with Gasteiger partial charge < -0.3 is 14.0 Å². The highest BCUT2D eigenvalue weighted by Gasteiger charge is 2.26. The number of hydrogen-bond acceptors (Lipinski definition) is 3.